The molecule has 3 amide bonds. The molecule has 0 aliphatic heterocycles. The highest BCUT2D eigenvalue weighted by Crippen LogP contribution is 2.30. The summed E-state index contributed by atoms with van der Waals surface area (Å²) in [6, 6.07) is -0.853. The molecule has 1 rings (SSSR count). The molecule has 0 radical (unpaired) electrons. The highest BCUT2D eigenvalue weighted by molar-refractivity contribution is 7.13. The highest BCUT2D eigenvalue weighted by Gasteiger charge is 2.20. The van der Waals surface area contributed by atoms with Gasteiger partial charge in [-0.3, -0.25) is 0 Å². The number of hydrogen-bond donors (Lipinski definition) is 3. The summed E-state index contributed by atoms with van der Waals surface area (Å²) in [6.45, 7) is 1.73. The third-order valence-electron chi connectivity index (χ3n) is 1.92. The second kappa shape index (κ2) is 6.59. The minimum atomic E-state index is -0.895. The van der Waals surface area contributed by atoms with E-state index in [-0.39, 0.29) is 22.9 Å². The molecule has 0 fully saturated rings. The molecule has 1 aromatic rings. The summed E-state index contributed by atoms with van der Waals surface area (Å²) >= 11 is 1.02. The Morgan fingerprint density at radius 2 is 2.11 bits per heavy atom. The van der Waals surface area contributed by atoms with Crippen LogP contribution in [-0.4, -0.2) is 31.8 Å². The van der Waals surface area contributed by atoms with Gasteiger partial charge in [-0.25, -0.2) is 19.7 Å². The number of thiophene rings is 1. The maximum atomic E-state index is 11.5. The smallest absolute Gasteiger partial charge is 0.415 e. The second-order valence-electron chi connectivity index (χ2n) is 3.19. The number of esters is 1. The summed E-state index contributed by atoms with van der Waals surface area (Å²) in [7, 11) is 1.21. The normalized spacial score (nSPS) is 9.58. The molecule has 0 aromatic carbocycles. The Balaban J connectivity index is 2.76. The fraction of sp³-hybridized carbons (Fsp3) is 0.300. The van der Waals surface area contributed by atoms with E-state index in [1.165, 1.54) is 12.5 Å². The predicted octanol–water partition coefficient (Wildman–Crippen LogP) is 1.39. The van der Waals surface area contributed by atoms with Crippen LogP contribution >= 0.6 is 11.3 Å². The van der Waals surface area contributed by atoms with Gasteiger partial charge in [-0.05, 0) is 6.92 Å². The lowest BCUT2D eigenvalue weighted by Crippen LogP contribution is -2.35. The fourth-order valence-corrected chi connectivity index (χ4v) is 1.98. The van der Waals surface area contributed by atoms with E-state index in [1.54, 1.807) is 6.92 Å². The van der Waals surface area contributed by atoms with Gasteiger partial charge in [0, 0.05) is 5.38 Å². The number of nitrogen functional groups attached to an aromatic ring is 1. The first-order chi connectivity index (χ1) is 8.99. The number of nitrogens with two attached hydrogens (primary N) is 1. The molecule has 0 atom stereocenters. The van der Waals surface area contributed by atoms with E-state index in [2.05, 4.69) is 14.8 Å². The van der Waals surface area contributed by atoms with Crippen molar-refractivity contribution >= 4 is 40.8 Å². The summed E-state index contributed by atoms with van der Waals surface area (Å²) < 4.78 is 9.07. The van der Waals surface area contributed by atoms with E-state index < -0.39 is 18.1 Å². The van der Waals surface area contributed by atoms with E-state index in [4.69, 9.17) is 5.73 Å². The van der Waals surface area contributed by atoms with Crippen LogP contribution in [0.4, 0.5) is 21.0 Å². The van der Waals surface area contributed by atoms with E-state index >= 15 is 0 Å². The maximum absolute atomic E-state index is 11.5. The fourth-order valence-electron chi connectivity index (χ4n) is 1.15. The topological polar surface area (TPSA) is 120 Å². The lowest BCUT2D eigenvalue weighted by atomic mass is 10.3. The van der Waals surface area contributed by atoms with Gasteiger partial charge in [0.1, 0.15) is 4.88 Å². The number of hydrogen-bond acceptors (Lipinski definition) is 7. The van der Waals surface area contributed by atoms with Crippen LogP contribution in [0.2, 0.25) is 0 Å². The molecule has 0 aliphatic carbocycles. The molecule has 0 unspecified atom stereocenters. The third-order valence-corrected chi connectivity index (χ3v) is 2.90. The van der Waals surface area contributed by atoms with Gasteiger partial charge in [-0.1, -0.05) is 0 Å². The standard InChI is InChI=1S/C10H13N3O5S/c1-3-18-10(16)13-9(15)12-6-5(11)4-19-7(6)8(14)17-2/h4H,3,11H2,1-2H3,(H2,12,13,15,16). The first-order valence-electron chi connectivity index (χ1n) is 5.19. The molecule has 8 nitrogen and oxygen atoms in total. The molecular formula is C10H13N3O5S. The van der Waals surface area contributed by atoms with Gasteiger partial charge >= 0.3 is 18.1 Å². The van der Waals surface area contributed by atoms with Crippen molar-refractivity contribution in [2.75, 3.05) is 24.8 Å². The quantitative estimate of drug-likeness (QED) is 0.723. The van der Waals surface area contributed by atoms with Crippen molar-refractivity contribution in [3.8, 4) is 0 Å². The van der Waals surface area contributed by atoms with Crippen molar-refractivity contribution in [2.45, 2.75) is 6.92 Å². The molecular weight excluding hydrogens is 274 g/mol. The van der Waals surface area contributed by atoms with Gasteiger partial charge in [0.05, 0.1) is 25.1 Å². The number of nitrogens with one attached hydrogen (secondary N) is 2. The number of alkyl carbamates (subject to hydrolysis) is 1. The van der Waals surface area contributed by atoms with Crippen LogP contribution in [0, 0.1) is 0 Å². The average Bonchev–Trinajstić information content (AvgIpc) is 2.70. The van der Waals surface area contributed by atoms with Gasteiger partial charge in [0.25, 0.3) is 0 Å². The second-order valence-corrected chi connectivity index (χ2v) is 4.07. The summed E-state index contributed by atoms with van der Waals surface area (Å²) in [5.74, 6) is -0.631. The Morgan fingerprint density at radius 3 is 2.68 bits per heavy atom. The zero-order chi connectivity index (χ0) is 14.4. The molecule has 0 bridgehead atoms. The van der Waals surface area contributed by atoms with Crippen LogP contribution in [0.1, 0.15) is 16.6 Å². The number of ether oxygens (including phenoxy) is 2. The molecule has 0 aliphatic rings. The zero-order valence-electron chi connectivity index (χ0n) is 10.3. The molecule has 1 aromatic heterocycles. The molecule has 0 spiro atoms. The van der Waals surface area contributed by atoms with Crippen molar-refractivity contribution in [1.29, 1.82) is 0 Å². The number of rotatable bonds is 3. The minimum Gasteiger partial charge on any atom is -0.465 e. The summed E-state index contributed by atoms with van der Waals surface area (Å²) in [5.41, 5.74) is 5.91. The summed E-state index contributed by atoms with van der Waals surface area (Å²) in [4.78, 5) is 34.1. The van der Waals surface area contributed by atoms with E-state index in [1.807, 2.05) is 5.32 Å². The minimum absolute atomic E-state index is 0.0960. The lowest BCUT2D eigenvalue weighted by Gasteiger charge is -2.07. The number of carbonyl (C=O) groups excluding carboxylic acids is 3. The molecule has 4 N–H and O–H groups in total. The molecule has 19 heavy (non-hydrogen) atoms. The van der Waals surface area contributed by atoms with Crippen molar-refractivity contribution in [3.63, 3.8) is 0 Å². The van der Waals surface area contributed by atoms with Crippen LogP contribution < -0.4 is 16.4 Å². The number of imide groups is 1. The van der Waals surface area contributed by atoms with Gasteiger partial charge in [-0.15, -0.1) is 11.3 Å². The summed E-state index contributed by atoms with van der Waals surface area (Å²) in [6.07, 6.45) is -0.895. The molecule has 9 heteroatoms. The van der Waals surface area contributed by atoms with E-state index in [9.17, 15) is 14.4 Å². The zero-order valence-corrected chi connectivity index (χ0v) is 11.1. The molecule has 104 valence electrons. The number of urea groups is 1. The highest BCUT2D eigenvalue weighted by atomic mass is 32.1. The monoisotopic (exact) mass is 287 g/mol. The van der Waals surface area contributed by atoms with Crippen molar-refractivity contribution in [1.82, 2.24) is 5.32 Å². The number of carbonyl (C=O) groups is 3. The van der Waals surface area contributed by atoms with Gasteiger partial charge in [0.2, 0.25) is 0 Å². The SMILES string of the molecule is CCOC(=O)NC(=O)Nc1c(N)csc1C(=O)OC. The number of amides is 3. The van der Waals surface area contributed by atoms with Crippen molar-refractivity contribution in [2.24, 2.45) is 0 Å². The predicted molar refractivity (Wildman–Crippen MR) is 69.2 cm³/mol. The lowest BCUT2D eigenvalue weighted by molar-refractivity contribution is 0.0607. The van der Waals surface area contributed by atoms with Crippen LogP contribution in [-0.2, 0) is 9.47 Å². The third kappa shape index (κ3) is 3.85. The maximum Gasteiger partial charge on any atom is 0.415 e. The van der Waals surface area contributed by atoms with E-state index in [0.29, 0.717) is 0 Å². The van der Waals surface area contributed by atoms with Gasteiger partial charge in [-0.2, -0.15) is 0 Å². The number of methoxy groups -OCH3 is 1. The first kappa shape index (κ1) is 14.8. The van der Waals surface area contributed by atoms with Crippen molar-refractivity contribution in [3.05, 3.63) is 10.3 Å². The Hall–Kier alpha value is -2.29. The first-order valence-corrected chi connectivity index (χ1v) is 6.07. The Kier molecular flexibility index (Phi) is 5.12. The Morgan fingerprint density at radius 1 is 1.42 bits per heavy atom. The van der Waals surface area contributed by atoms with Gasteiger partial charge in [0.15, 0.2) is 0 Å². The van der Waals surface area contributed by atoms with Crippen LogP contribution in [0.25, 0.3) is 0 Å². The average molecular weight is 287 g/mol. The van der Waals surface area contributed by atoms with Crippen molar-refractivity contribution < 1.29 is 23.9 Å². The molecule has 0 saturated carbocycles. The molecule has 1 heterocycles. The van der Waals surface area contributed by atoms with Crippen LogP contribution in [0.5, 0.6) is 0 Å². The van der Waals surface area contributed by atoms with Crippen LogP contribution in [0.15, 0.2) is 5.38 Å². The molecule has 0 saturated heterocycles. The summed E-state index contributed by atoms with van der Waals surface area (Å²) in [5, 5.41) is 5.69. The van der Waals surface area contributed by atoms with Gasteiger partial charge < -0.3 is 20.5 Å². The van der Waals surface area contributed by atoms with E-state index in [0.717, 1.165) is 11.3 Å². The largest absolute Gasteiger partial charge is 0.465 e. The number of anilines is 2. The Bertz CT molecular complexity index is 499. The Labute approximate surface area is 112 Å². The van der Waals surface area contributed by atoms with Crippen LogP contribution in [0.3, 0.4) is 0 Å².